The van der Waals surface area contributed by atoms with Crippen molar-refractivity contribution < 1.29 is 4.74 Å². The van der Waals surface area contributed by atoms with Crippen LogP contribution in [0, 0.1) is 0 Å². The van der Waals surface area contributed by atoms with Crippen LogP contribution < -0.4 is 14.5 Å². The van der Waals surface area contributed by atoms with Crippen LogP contribution in [0.5, 0.6) is 11.5 Å². The van der Waals surface area contributed by atoms with Crippen molar-refractivity contribution in [3.8, 4) is 50.7 Å². The van der Waals surface area contributed by atoms with E-state index in [0.717, 1.165) is 62.0 Å². The summed E-state index contributed by atoms with van der Waals surface area (Å²) < 4.78 is 9.89. The van der Waals surface area contributed by atoms with Crippen LogP contribution in [0.25, 0.3) is 61.0 Å². The van der Waals surface area contributed by atoms with Crippen LogP contribution in [0.15, 0.2) is 243 Å². The van der Waals surface area contributed by atoms with Gasteiger partial charge in [-0.2, -0.15) is 0 Å². The summed E-state index contributed by atoms with van der Waals surface area (Å²) in [6, 6.07) is 88.4. The Morgan fingerprint density at radius 3 is 1.49 bits per heavy atom. The molecule has 3 heterocycles. The quantitative estimate of drug-likeness (QED) is 0.144. The van der Waals surface area contributed by atoms with Gasteiger partial charge in [-0.25, -0.2) is 4.98 Å². The van der Waals surface area contributed by atoms with Crippen LogP contribution in [0.3, 0.4) is 0 Å². The Morgan fingerprint density at radius 2 is 0.898 bits per heavy atom. The third kappa shape index (κ3) is 9.58. The highest BCUT2D eigenvalue weighted by Gasteiger charge is 2.48. The minimum absolute atomic E-state index is 0.0475. The molecular weight excluding hydrogens is 1070 g/mol. The van der Waals surface area contributed by atoms with Crippen LogP contribution in [0.4, 0.5) is 22.7 Å². The molecule has 0 atom stereocenters. The molecule has 0 fully saturated rings. The minimum atomic E-state index is -0.776. The van der Waals surface area contributed by atoms with E-state index in [4.69, 9.17) is 9.72 Å². The zero-order valence-corrected chi connectivity index (χ0v) is 53.0. The van der Waals surface area contributed by atoms with Crippen molar-refractivity contribution in [2.24, 2.45) is 0 Å². The third-order valence-electron chi connectivity index (χ3n) is 18.6. The van der Waals surface area contributed by atoms with Gasteiger partial charge in [-0.15, -0.1) is 0 Å². The summed E-state index contributed by atoms with van der Waals surface area (Å²) >= 11 is 0. The van der Waals surface area contributed by atoms with Crippen LogP contribution >= 0.6 is 0 Å². The molecule has 0 saturated carbocycles. The molecule has 5 heteroatoms. The average Bonchev–Trinajstić information content (AvgIpc) is 1.55. The predicted octanol–water partition coefficient (Wildman–Crippen LogP) is 22.1. The molecule has 0 N–H and O–H groups in total. The van der Waals surface area contributed by atoms with Crippen molar-refractivity contribution in [2.75, 3.05) is 16.5 Å². The van der Waals surface area contributed by atoms with Crippen LogP contribution in [0.1, 0.15) is 128 Å². The van der Waals surface area contributed by atoms with E-state index >= 15 is 0 Å². The number of benzene rings is 10. The highest BCUT2D eigenvalue weighted by Crippen LogP contribution is 2.59. The summed E-state index contributed by atoms with van der Waals surface area (Å²) in [6.45, 7) is 28.2. The van der Waals surface area contributed by atoms with Gasteiger partial charge in [-0.05, 0) is 143 Å². The number of para-hydroxylation sites is 4. The first-order valence-corrected chi connectivity index (χ1v) is 31.3. The van der Waals surface area contributed by atoms with E-state index in [0.29, 0.717) is 6.67 Å². The number of fused-ring (bicyclic) bond motifs is 7. The van der Waals surface area contributed by atoms with Gasteiger partial charge in [0.25, 0.3) is 0 Å². The van der Waals surface area contributed by atoms with Crippen molar-refractivity contribution in [3.63, 3.8) is 0 Å². The number of anilines is 4. The Kier molecular flexibility index (Phi) is 13.4. The lowest BCUT2D eigenvalue weighted by Gasteiger charge is -2.36. The second-order valence-corrected chi connectivity index (χ2v) is 28.5. The Balaban J connectivity index is 1.04. The number of pyridine rings is 1. The molecule has 88 heavy (non-hydrogen) atoms. The van der Waals surface area contributed by atoms with Gasteiger partial charge in [0.2, 0.25) is 0 Å². The second kappa shape index (κ2) is 20.9. The van der Waals surface area contributed by atoms with Crippen molar-refractivity contribution in [1.29, 1.82) is 0 Å². The summed E-state index contributed by atoms with van der Waals surface area (Å²) in [5.41, 5.74) is 22.7. The highest BCUT2D eigenvalue weighted by atomic mass is 16.5. The number of nitrogens with zero attached hydrogens (tertiary/aromatic N) is 4. The minimum Gasteiger partial charge on any atom is -0.457 e. The van der Waals surface area contributed by atoms with Gasteiger partial charge >= 0.3 is 0 Å². The summed E-state index contributed by atoms with van der Waals surface area (Å²) in [5.74, 6) is 2.36. The van der Waals surface area contributed by atoms with Crippen molar-refractivity contribution in [3.05, 3.63) is 287 Å². The van der Waals surface area contributed by atoms with Crippen LogP contribution in [0.2, 0.25) is 0 Å². The first-order valence-electron chi connectivity index (χ1n) is 31.3. The largest absolute Gasteiger partial charge is 0.457 e. The molecule has 1 aliphatic carbocycles. The molecule has 12 aromatic rings. The van der Waals surface area contributed by atoms with Gasteiger partial charge in [0, 0.05) is 45.9 Å². The standard InChI is InChI=1S/C83H78N4O/c1-79(2,3)56-34-36-57(37-35-56)83(71-42-38-58(80(4,5)6)48-69(71)70-49-59(81(7,8)9)39-43-72(70)83)61-46-62(51-64(47-61)88-63-40-41-68-67-28-19-20-31-73(67)87(76(68)52-63)77-50-60(44-45-84-77)82(10,11)12)85-53-86(75-33-22-21-32-74(75)85)78-65(54-24-15-13-16-25-54)29-23-30-66(78)55-26-17-14-18-27-55/h13-52H,53H2,1-12H3. The normalized spacial score (nSPS) is 13.9. The molecule has 1 aliphatic heterocycles. The fourth-order valence-corrected chi connectivity index (χ4v) is 13.9. The highest BCUT2D eigenvalue weighted by molar-refractivity contribution is 6.09. The summed E-state index contributed by atoms with van der Waals surface area (Å²) in [5, 5.41) is 2.31. The Bertz CT molecular complexity index is 4540. The van der Waals surface area contributed by atoms with Crippen molar-refractivity contribution in [1.82, 2.24) is 9.55 Å². The van der Waals surface area contributed by atoms with Crippen LogP contribution in [-0.2, 0) is 27.1 Å². The molecular formula is C83H78N4O. The molecule has 5 nitrogen and oxygen atoms in total. The van der Waals surface area contributed by atoms with E-state index in [9.17, 15) is 0 Å². The van der Waals surface area contributed by atoms with E-state index in [2.05, 4.69) is 334 Å². The number of rotatable bonds is 9. The van der Waals surface area contributed by atoms with E-state index in [-0.39, 0.29) is 21.7 Å². The maximum atomic E-state index is 7.58. The fourth-order valence-electron chi connectivity index (χ4n) is 13.9. The smallest absolute Gasteiger partial charge is 0.137 e. The Labute approximate surface area is 520 Å². The average molecular weight is 1150 g/mol. The van der Waals surface area contributed by atoms with Gasteiger partial charge in [0.05, 0.1) is 33.5 Å². The molecule has 436 valence electrons. The topological polar surface area (TPSA) is 33.5 Å². The molecule has 2 aromatic heterocycles. The number of hydrogen-bond acceptors (Lipinski definition) is 4. The monoisotopic (exact) mass is 1150 g/mol. The summed E-state index contributed by atoms with van der Waals surface area (Å²) in [4.78, 5) is 10.1. The molecule has 14 rings (SSSR count). The lowest BCUT2D eigenvalue weighted by Crippen LogP contribution is -2.30. The molecule has 0 saturated heterocycles. The maximum Gasteiger partial charge on any atom is 0.137 e. The SMILES string of the molecule is CC(C)(C)c1ccc(C2(c3cc(Oc4ccc5c6ccccc6n(-c6cc(C(C)(C)C)ccn6)c5c4)cc(N4CN(c5c(-c6ccccc6)cccc5-c5ccccc5)c5ccccc54)c3)c3ccc(C(C)(C)C)cc3-c3cc(C(C)(C)C)ccc32)cc1. The van der Waals surface area contributed by atoms with Crippen LogP contribution in [-0.4, -0.2) is 16.2 Å². The zero-order valence-electron chi connectivity index (χ0n) is 53.0. The van der Waals surface area contributed by atoms with Gasteiger partial charge in [0.15, 0.2) is 0 Å². The molecule has 10 aromatic carbocycles. The molecule has 2 aliphatic rings. The maximum absolute atomic E-state index is 7.58. The molecule has 0 amide bonds. The lowest BCUT2D eigenvalue weighted by molar-refractivity contribution is 0.482. The number of ether oxygens (including phenoxy) is 1. The number of hydrogen-bond donors (Lipinski definition) is 0. The van der Waals surface area contributed by atoms with Gasteiger partial charge in [-0.1, -0.05) is 253 Å². The van der Waals surface area contributed by atoms with E-state index in [1.54, 1.807) is 0 Å². The Hall–Kier alpha value is -9.45. The molecule has 0 spiro atoms. The van der Waals surface area contributed by atoms with Gasteiger partial charge in [-0.3, -0.25) is 4.57 Å². The van der Waals surface area contributed by atoms with Gasteiger partial charge < -0.3 is 14.5 Å². The van der Waals surface area contributed by atoms with E-state index in [1.807, 2.05) is 6.20 Å². The molecule has 0 radical (unpaired) electrons. The van der Waals surface area contributed by atoms with Crippen molar-refractivity contribution >= 4 is 44.6 Å². The van der Waals surface area contributed by atoms with Crippen molar-refractivity contribution in [2.45, 2.75) is 110 Å². The second-order valence-electron chi connectivity index (χ2n) is 28.5. The van der Waals surface area contributed by atoms with E-state index in [1.165, 1.54) is 77.7 Å². The Morgan fingerprint density at radius 1 is 0.375 bits per heavy atom. The van der Waals surface area contributed by atoms with E-state index < -0.39 is 5.41 Å². The zero-order chi connectivity index (χ0) is 61.1. The predicted molar refractivity (Wildman–Crippen MR) is 370 cm³/mol. The third-order valence-corrected chi connectivity index (χ3v) is 18.6. The molecule has 0 bridgehead atoms. The summed E-state index contributed by atoms with van der Waals surface area (Å²) in [7, 11) is 0. The van der Waals surface area contributed by atoms with Gasteiger partial charge in [0.1, 0.15) is 24.0 Å². The lowest BCUT2D eigenvalue weighted by atomic mass is 9.66. The number of aromatic nitrogens is 2. The molecule has 0 unspecified atom stereocenters. The first kappa shape index (κ1) is 56.4. The fraction of sp³-hybridized carbons (Fsp3) is 0.217. The summed E-state index contributed by atoms with van der Waals surface area (Å²) in [6.07, 6.45) is 1.95. The first-order chi connectivity index (χ1) is 42.1.